The van der Waals surface area contributed by atoms with Crippen LogP contribution in [0.25, 0.3) is 10.1 Å². The first kappa shape index (κ1) is 9.85. The van der Waals surface area contributed by atoms with Gasteiger partial charge in [-0.2, -0.15) is 5.26 Å². The van der Waals surface area contributed by atoms with Gasteiger partial charge in [-0.1, -0.05) is 0 Å². The summed E-state index contributed by atoms with van der Waals surface area (Å²) in [6.07, 6.45) is 0. The lowest BCUT2D eigenvalue weighted by Gasteiger charge is -1.97. The van der Waals surface area contributed by atoms with Crippen LogP contribution in [0.4, 0.5) is 0 Å². The summed E-state index contributed by atoms with van der Waals surface area (Å²) < 4.78 is 1.10. The summed E-state index contributed by atoms with van der Waals surface area (Å²) in [5.74, 6) is 0.474. The lowest BCUT2D eigenvalue weighted by Crippen LogP contribution is -1.78. The Hall–Kier alpha value is -0.690. The fourth-order valence-electron chi connectivity index (χ4n) is 1.34. The number of hydrogen-bond acceptors (Lipinski definition) is 3. The van der Waals surface area contributed by atoms with Gasteiger partial charge in [0, 0.05) is 15.5 Å². The van der Waals surface area contributed by atoms with Crippen LogP contribution in [0.15, 0.2) is 22.4 Å². The minimum absolute atomic E-state index is 0.474. The van der Waals surface area contributed by atoms with Crippen LogP contribution in [0.5, 0.6) is 0 Å². The maximum absolute atomic E-state index is 8.81. The smallest absolute Gasteiger partial charge is 0.0992 e. The van der Waals surface area contributed by atoms with Crippen LogP contribution >= 0.6 is 35.6 Å². The van der Waals surface area contributed by atoms with E-state index in [0.29, 0.717) is 11.4 Å². The number of nitriles is 1. The Morgan fingerprint density at radius 1 is 1.50 bits per heavy atom. The number of fused-ring (bicyclic) bond motifs is 1. The molecule has 0 atom stereocenters. The number of alkyl halides is 1. The molecule has 0 aliphatic carbocycles. The van der Waals surface area contributed by atoms with Crippen LogP contribution in [0.3, 0.4) is 0 Å². The van der Waals surface area contributed by atoms with Gasteiger partial charge < -0.3 is 0 Å². The molecular formula is C10H6ClNS2. The van der Waals surface area contributed by atoms with Crippen molar-refractivity contribution >= 4 is 45.7 Å². The summed E-state index contributed by atoms with van der Waals surface area (Å²) in [7, 11) is 0. The van der Waals surface area contributed by atoms with Crippen molar-refractivity contribution in [3.63, 3.8) is 0 Å². The van der Waals surface area contributed by atoms with Gasteiger partial charge in [0.25, 0.3) is 0 Å². The van der Waals surface area contributed by atoms with Crippen LogP contribution in [0.1, 0.15) is 11.1 Å². The highest BCUT2D eigenvalue weighted by Gasteiger charge is 2.07. The molecule has 0 amide bonds. The molecule has 0 aliphatic heterocycles. The molecule has 1 heterocycles. The highest BCUT2D eigenvalue weighted by Crippen LogP contribution is 2.33. The SMILES string of the molecule is N#Cc1cc(S)c2scc(CCl)c2c1. The molecule has 0 radical (unpaired) electrons. The van der Waals surface area contributed by atoms with Gasteiger partial charge in [0.15, 0.2) is 0 Å². The second-order valence-corrected chi connectivity index (χ2v) is 4.51. The summed E-state index contributed by atoms with van der Waals surface area (Å²) in [6, 6.07) is 5.76. The number of hydrogen-bond donors (Lipinski definition) is 1. The van der Waals surface area contributed by atoms with Crippen LogP contribution < -0.4 is 0 Å². The molecule has 0 unspecified atom stereocenters. The maximum atomic E-state index is 8.81. The first-order valence-corrected chi connectivity index (χ1v) is 5.81. The Labute approximate surface area is 96.3 Å². The zero-order valence-electron chi connectivity index (χ0n) is 7.12. The highest BCUT2D eigenvalue weighted by atomic mass is 35.5. The summed E-state index contributed by atoms with van der Waals surface area (Å²) in [5, 5.41) is 11.9. The molecule has 70 valence electrons. The van der Waals surface area contributed by atoms with Gasteiger partial charge in [0.05, 0.1) is 11.6 Å². The Morgan fingerprint density at radius 2 is 2.29 bits per heavy atom. The van der Waals surface area contributed by atoms with Crippen molar-refractivity contribution in [1.29, 1.82) is 5.26 Å². The quantitative estimate of drug-likeness (QED) is 0.594. The second-order valence-electron chi connectivity index (χ2n) is 2.88. The van der Waals surface area contributed by atoms with Crippen molar-refractivity contribution in [2.75, 3.05) is 0 Å². The Kier molecular flexibility index (Phi) is 2.69. The van der Waals surface area contributed by atoms with E-state index in [1.807, 2.05) is 11.4 Å². The van der Waals surface area contributed by atoms with Gasteiger partial charge in [0.1, 0.15) is 0 Å². The Balaban J connectivity index is 2.82. The Morgan fingerprint density at radius 3 is 2.93 bits per heavy atom. The average Bonchev–Trinajstić information content (AvgIpc) is 2.61. The normalized spacial score (nSPS) is 10.4. The monoisotopic (exact) mass is 239 g/mol. The van der Waals surface area contributed by atoms with Crippen LogP contribution in [-0.4, -0.2) is 0 Å². The first-order chi connectivity index (χ1) is 6.76. The van der Waals surface area contributed by atoms with Crippen molar-refractivity contribution in [1.82, 2.24) is 0 Å². The number of halogens is 1. The van der Waals surface area contributed by atoms with E-state index in [4.69, 9.17) is 16.9 Å². The largest absolute Gasteiger partial charge is 0.192 e. The maximum Gasteiger partial charge on any atom is 0.0992 e. The first-order valence-electron chi connectivity index (χ1n) is 3.95. The van der Waals surface area contributed by atoms with Crippen molar-refractivity contribution in [3.8, 4) is 6.07 Å². The minimum Gasteiger partial charge on any atom is -0.192 e. The van der Waals surface area contributed by atoms with Gasteiger partial charge in [-0.05, 0) is 28.5 Å². The van der Waals surface area contributed by atoms with E-state index in [-0.39, 0.29) is 0 Å². The fourth-order valence-corrected chi connectivity index (χ4v) is 3.03. The lowest BCUT2D eigenvalue weighted by molar-refractivity contribution is 1.45. The lowest BCUT2D eigenvalue weighted by atomic mass is 10.1. The van der Waals surface area contributed by atoms with Crippen LogP contribution in [0, 0.1) is 11.3 Å². The van der Waals surface area contributed by atoms with Crippen LogP contribution in [-0.2, 0) is 5.88 Å². The van der Waals surface area contributed by atoms with E-state index in [1.165, 1.54) is 0 Å². The second kappa shape index (κ2) is 3.82. The number of thiol groups is 1. The number of nitrogens with zero attached hydrogens (tertiary/aromatic N) is 1. The molecule has 0 fully saturated rings. The topological polar surface area (TPSA) is 23.8 Å². The Bertz CT molecular complexity index is 525. The van der Waals surface area contributed by atoms with Gasteiger partial charge in [-0.15, -0.1) is 35.6 Å². The average molecular weight is 240 g/mol. The van der Waals surface area contributed by atoms with E-state index in [9.17, 15) is 0 Å². The zero-order chi connectivity index (χ0) is 10.1. The van der Waals surface area contributed by atoms with Gasteiger partial charge >= 0.3 is 0 Å². The molecule has 0 bridgehead atoms. The summed E-state index contributed by atoms with van der Waals surface area (Å²) in [5.41, 5.74) is 1.70. The van der Waals surface area contributed by atoms with Crippen LogP contribution in [0.2, 0.25) is 0 Å². The number of thiophene rings is 1. The zero-order valence-corrected chi connectivity index (χ0v) is 9.59. The highest BCUT2D eigenvalue weighted by molar-refractivity contribution is 7.80. The molecule has 0 aliphatic rings. The molecule has 0 spiro atoms. The standard InChI is InChI=1S/C10H6ClNS2/c11-3-7-5-14-10-8(7)1-6(4-12)2-9(10)13/h1-2,5,13H,3H2. The number of rotatable bonds is 1. The third-order valence-corrected chi connectivity index (χ3v) is 3.88. The molecule has 0 N–H and O–H groups in total. The van der Waals surface area contributed by atoms with Gasteiger partial charge in [-0.3, -0.25) is 0 Å². The van der Waals surface area contributed by atoms with Gasteiger partial charge in [-0.25, -0.2) is 0 Å². The predicted molar refractivity (Wildman–Crippen MR) is 63.3 cm³/mol. The molecule has 1 aromatic carbocycles. The third kappa shape index (κ3) is 1.50. The van der Waals surface area contributed by atoms with Gasteiger partial charge in [0.2, 0.25) is 0 Å². The van der Waals surface area contributed by atoms with E-state index in [0.717, 1.165) is 20.5 Å². The molecule has 2 rings (SSSR count). The van der Waals surface area contributed by atoms with Crippen molar-refractivity contribution < 1.29 is 0 Å². The molecular weight excluding hydrogens is 234 g/mol. The van der Waals surface area contributed by atoms with E-state index in [2.05, 4.69) is 18.7 Å². The predicted octanol–water partition coefficient (Wildman–Crippen LogP) is 3.80. The number of benzene rings is 1. The molecule has 0 saturated carbocycles. The third-order valence-electron chi connectivity index (χ3n) is 2.01. The molecule has 1 aromatic heterocycles. The van der Waals surface area contributed by atoms with E-state index in [1.54, 1.807) is 17.4 Å². The summed E-state index contributed by atoms with van der Waals surface area (Å²) >= 11 is 11.8. The molecule has 4 heteroatoms. The van der Waals surface area contributed by atoms with Crippen molar-refractivity contribution in [2.45, 2.75) is 10.8 Å². The molecule has 14 heavy (non-hydrogen) atoms. The molecule has 2 aromatic rings. The molecule has 1 nitrogen and oxygen atoms in total. The summed E-state index contributed by atoms with van der Waals surface area (Å²) in [4.78, 5) is 0.848. The minimum atomic E-state index is 0.474. The fraction of sp³-hybridized carbons (Fsp3) is 0.100. The van der Waals surface area contributed by atoms with Crippen molar-refractivity contribution in [3.05, 3.63) is 28.6 Å². The summed E-state index contributed by atoms with van der Waals surface area (Å²) in [6.45, 7) is 0. The van der Waals surface area contributed by atoms with E-state index < -0.39 is 0 Å². The molecule has 0 saturated heterocycles. The van der Waals surface area contributed by atoms with E-state index >= 15 is 0 Å². The van der Waals surface area contributed by atoms with Crippen molar-refractivity contribution in [2.24, 2.45) is 0 Å².